The Hall–Kier alpha value is -3.64. The van der Waals surface area contributed by atoms with E-state index in [2.05, 4.69) is 45.5 Å². The van der Waals surface area contributed by atoms with E-state index in [1.165, 1.54) is 0 Å². The van der Waals surface area contributed by atoms with Crippen LogP contribution in [0.25, 0.3) is 11.2 Å². The van der Waals surface area contributed by atoms with Crippen molar-refractivity contribution in [2.75, 3.05) is 51.7 Å². The number of imidazole rings is 1. The average molecular weight is 598 g/mol. The molecule has 3 heterocycles. The molecule has 0 amide bonds. The second-order valence-corrected chi connectivity index (χ2v) is 11.8. The summed E-state index contributed by atoms with van der Waals surface area (Å²) in [4.78, 5) is 40.3. The van der Waals surface area contributed by atoms with Gasteiger partial charge in [0.15, 0.2) is 11.5 Å². The van der Waals surface area contributed by atoms with Crippen LogP contribution in [0.1, 0.15) is 58.4 Å². The fourth-order valence-corrected chi connectivity index (χ4v) is 5.66. The molecule has 0 radical (unpaired) electrons. The molecule has 0 unspecified atom stereocenters. The molecule has 12 nitrogen and oxygen atoms in total. The number of ether oxygens (including phenoxy) is 2. The van der Waals surface area contributed by atoms with Crippen LogP contribution >= 0.6 is 0 Å². The Labute approximate surface area is 253 Å². The van der Waals surface area contributed by atoms with E-state index in [9.17, 15) is 9.59 Å². The number of nitrogens with two attached hydrogens (primary N) is 1. The molecule has 1 saturated heterocycles. The first-order chi connectivity index (χ1) is 20.7. The summed E-state index contributed by atoms with van der Waals surface area (Å²) < 4.78 is 13.2. The number of benzene rings is 1. The minimum Gasteiger partial charge on any atom is -0.492 e. The highest BCUT2D eigenvalue weighted by atomic mass is 16.5. The van der Waals surface area contributed by atoms with Crippen LogP contribution in [0.3, 0.4) is 0 Å². The number of aromatic amines is 1. The number of aryl methyl sites for hydroxylation is 1. The summed E-state index contributed by atoms with van der Waals surface area (Å²) in [6.45, 7) is 12.9. The van der Waals surface area contributed by atoms with Crippen molar-refractivity contribution in [1.82, 2.24) is 29.3 Å². The Morgan fingerprint density at radius 3 is 2.67 bits per heavy atom. The largest absolute Gasteiger partial charge is 0.492 e. The number of carboxylic acid groups (broad SMARTS) is 1. The van der Waals surface area contributed by atoms with E-state index in [1.807, 2.05) is 12.1 Å². The number of unbranched alkanes of at least 4 members (excludes halogenated alkanes) is 1. The summed E-state index contributed by atoms with van der Waals surface area (Å²) in [6, 6.07) is 8.00. The number of nitrogens with zero attached hydrogens (tertiary/aromatic N) is 5. The SMILES string of the molecule is CCCCOc1nc(N)c2[nH]c(=O)n(CCCN(CC(C)C)C3CCN(CCOc4cccc(CC(=O)O)c4)CC3)c2n1. The molecule has 0 bridgehead atoms. The maximum atomic E-state index is 12.8. The predicted octanol–water partition coefficient (Wildman–Crippen LogP) is 3.40. The summed E-state index contributed by atoms with van der Waals surface area (Å²) in [6.07, 6.45) is 4.86. The smallest absolute Gasteiger partial charge is 0.327 e. The van der Waals surface area contributed by atoms with Gasteiger partial charge in [0.05, 0.1) is 13.0 Å². The van der Waals surface area contributed by atoms with Gasteiger partial charge < -0.3 is 25.3 Å². The van der Waals surface area contributed by atoms with Crippen LogP contribution in [-0.2, 0) is 17.8 Å². The number of fused-ring (bicyclic) bond motifs is 1. The van der Waals surface area contributed by atoms with E-state index in [0.717, 1.165) is 70.4 Å². The summed E-state index contributed by atoms with van der Waals surface area (Å²) in [5.41, 5.74) is 7.56. The Morgan fingerprint density at radius 1 is 1.16 bits per heavy atom. The lowest BCUT2D eigenvalue weighted by Gasteiger charge is -2.39. The van der Waals surface area contributed by atoms with Gasteiger partial charge in [-0.2, -0.15) is 9.97 Å². The monoisotopic (exact) mass is 597 g/mol. The number of hydrogen-bond acceptors (Lipinski definition) is 9. The minimum atomic E-state index is -0.847. The minimum absolute atomic E-state index is 0.00583. The third kappa shape index (κ3) is 9.42. The van der Waals surface area contributed by atoms with Crippen molar-refractivity contribution in [3.8, 4) is 11.8 Å². The van der Waals surface area contributed by atoms with Crippen molar-refractivity contribution in [1.29, 1.82) is 0 Å². The summed E-state index contributed by atoms with van der Waals surface area (Å²) in [7, 11) is 0. The number of nitrogens with one attached hydrogen (secondary N) is 1. The fourth-order valence-electron chi connectivity index (χ4n) is 5.66. The lowest BCUT2D eigenvalue weighted by molar-refractivity contribution is -0.136. The van der Waals surface area contributed by atoms with E-state index in [1.54, 1.807) is 16.7 Å². The number of carboxylic acids is 1. The van der Waals surface area contributed by atoms with Crippen molar-refractivity contribution >= 4 is 23.0 Å². The van der Waals surface area contributed by atoms with Crippen LogP contribution in [-0.4, -0.2) is 92.4 Å². The van der Waals surface area contributed by atoms with E-state index >= 15 is 0 Å². The number of hydrogen-bond donors (Lipinski definition) is 3. The molecule has 1 aliphatic rings. The number of nitrogen functional groups attached to an aromatic ring is 1. The number of likely N-dealkylation sites (tertiary alicyclic amines) is 1. The molecule has 0 atom stereocenters. The van der Waals surface area contributed by atoms with Gasteiger partial charge in [-0.15, -0.1) is 0 Å². The van der Waals surface area contributed by atoms with Crippen LogP contribution in [0.4, 0.5) is 5.82 Å². The molecule has 43 heavy (non-hydrogen) atoms. The van der Waals surface area contributed by atoms with Gasteiger partial charge in [0, 0.05) is 32.2 Å². The summed E-state index contributed by atoms with van der Waals surface area (Å²) >= 11 is 0. The maximum Gasteiger partial charge on any atom is 0.327 e. The third-order valence-electron chi connectivity index (χ3n) is 7.79. The molecule has 12 heteroatoms. The summed E-state index contributed by atoms with van der Waals surface area (Å²) in [5.74, 6) is 0.618. The zero-order valence-corrected chi connectivity index (χ0v) is 25.8. The molecule has 236 valence electrons. The fraction of sp³-hybridized carbons (Fsp3) is 0.613. The van der Waals surface area contributed by atoms with Gasteiger partial charge in [-0.25, -0.2) is 4.79 Å². The molecular formula is C31H47N7O5. The molecule has 1 aliphatic heterocycles. The highest BCUT2D eigenvalue weighted by molar-refractivity contribution is 5.81. The molecule has 4 N–H and O–H groups in total. The number of aromatic nitrogens is 4. The van der Waals surface area contributed by atoms with E-state index < -0.39 is 5.97 Å². The van der Waals surface area contributed by atoms with Gasteiger partial charge in [0.25, 0.3) is 0 Å². The van der Waals surface area contributed by atoms with Crippen molar-refractivity contribution in [3.63, 3.8) is 0 Å². The van der Waals surface area contributed by atoms with Crippen molar-refractivity contribution < 1.29 is 19.4 Å². The van der Waals surface area contributed by atoms with Gasteiger partial charge >= 0.3 is 17.7 Å². The number of aliphatic carboxylic acids is 1. The van der Waals surface area contributed by atoms with E-state index in [4.69, 9.17) is 20.3 Å². The zero-order chi connectivity index (χ0) is 30.8. The first kappa shape index (κ1) is 32.3. The first-order valence-electron chi connectivity index (χ1n) is 15.5. The second kappa shape index (κ2) is 15.7. The Balaban J connectivity index is 1.28. The van der Waals surface area contributed by atoms with Gasteiger partial charge in [0.1, 0.15) is 17.9 Å². The van der Waals surface area contributed by atoms with Gasteiger partial charge in [0.2, 0.25) is 0 Å². The van der Waals surface area contributed by atoms with Crippen LogP contribution in [0.15, 0.2) is 29.1 Å². The van der Waals surface area contributed by atoms with Crippen molar-refractivity contribution in [2.45, 2.75) is 71.9 Å². The molecular weight excluding hydrogens is 550 g/mol. The molecule has 0 spiro atoms. The van der Waals surface area contributed by atoms with Crippen molar-refractivity contribution in [2.24, 2.45) is 5.92 Å². The Morgan fingerprint density at radius 2 is 1.95 bits per heavy atom. The number of rotatable bonds is 17. The molecule has 0 saturated carbocycles. The first-order valence-corrected chi connectivity index (χ1v) is 15.5. The van der Waals surface area contributed by atoms with Crippen LogP contribution < -0.4 is 20.9 Å². The lowest BCUT2D eigenvalue weighted by atomic mass is 10.0. The molecule has 1 aromatic carbocycles. The highest BCUT2D eigenvalue weighted by Crippen LogP contribution is 2.21. The molecule has 2 aromatic heterocycles. The van der Waals surface area contributed by atoms with E-state index in [0.29, 0.717) is 48.6 Å². The quantitative estimate of drug-likeness (QED) is 0.197. The Bertz CT molecular complexity index is 1380. The zero-order valence-electron chi connectivity index (χ0n) is 25.8. The number of carbonyl (C=O) groups is 1. The number of anilines is 1. The molecule has 4 rings (SSSR count). The average Bonchev–Trinajstić information content (AvgIpc) is 3.28. The maximum absolute atomic E-state index is 12.8. The van der Waals surface area contributed by atoms with E-state index in [-0.39, 0.29) is 23.9 Å². The van der Waals surface area contributed by atoms with Crippen molar-refractivity contribution in [3.05, 3.63) is 40.3 Å². The van der Waals surface area contributed by atoms with Crippen LogP contribution in [0, 0.1) is 5.92 Å². The lowest BCUT2D eigenvalue weighted by Crippen LogP contribution is -2.47. The number of H-pyrrole nitrogens is 1. The molecule has 0 aliphatic carbocycles. The van der Waals surface area contributed by atoms with Crippen LogP contribution in [0.2, 0.25) is 0 Å². The summed E-state index contributed by atoms with van der Waals surface area (Å²) in [5, 5.41) is 9.02. The topological polar surface area (TPSA) is 152 Å². The van der Waals surface area contributed by atoms with Crippen LogP contribution in [0.5, 0.6) is 11.8 Å². The predicted molar refractivity (Wildman–Crippen MR) is 167 cm³/mol. The third-order valence-corrected chi connectivity index (χ3v) is 7.79. The highest BCUT2D eigenvalue weighted by Gasteiger charge is 2.25. The Kier molecular flexibility index (Phi) is 11.8. The van der Waals surface area contributed by atoms with Gasteiger partial charge in [-0.1, -0.05) is 39.3 Å². The van der Waals surface area contributed by atoms with Gasteiger partial charge in [-0.05, 0) is 62.4 Å². The van der Waals surface area contributed by atoms with Gasteiger partial charge in [-0.3, -0.25) is 19.2 Å². The molecule has 3 aromatic rings. The number of piperidine rings is 1. The standard InChI is InChI=1S/C31H47N7O5/c1-4-5-17-43-30-34-28(32)27-29(35-30)38(31(41)33-27)13-7-12-37(21-22(2)3)24-10-14-36(15-11-24)16-18-42-25-9-6-8-23(19-25)20-26(39)40/h6,8-9,19,22,24H,4-5,7,10-18,20-21H2,1-3H3,(H,33,41)(H,39,40)(H2,32,34,35). The molecule has 1 fully saturated rings. The normalized spacial score (nSPS) is 14.6. The second-order valence-electron chi connectivity index (χ2n) is 11.8.